The van der Waals surface area contributed by atoms with Crippen LogP contribution in [0.5, 0.6) is 0 Å². The molecular formula is C19H16ClN3OS2. The molecule has 7 heteroatoms. The highest BCUT2D eigenvalue weighted by atomic mass is 35.5. The van der Waals surface area contributed by atoms with E-state index in [0.29, 0.717) is 15.3 Å². The molecule has 1 aliphatic rings. The predicted molar refractivity (Wildman–Crippen MR) is 107 cm³/mol. The summed E-state index contributed by atoms with van der Waals surface area (Å²) < 4.78 is 4.32. The van der Waals surface area contributed by atoms with E-state index in [-0.39, 0.29) is 17.7 Å². The second-order valence-corrected chi connectivity index (χ2v) is 8.28. The van der Waals surface area contributed by atoms with Crippen molar-refractivity contribution in [2.45, 2.75) is 23.2 Å². The Morgan fingerprint density at radius 2 is 1.96 bits per heavy atom. The van der Waals surface area contributed by atoms with E-state index in [0.717, 1.165) is 17.7 Å². The van der Waals surface area contributed by atoms with Gasteiger partial charge in [-0.2, -0.15) is 9.36 Å². The molecule has 4 nitrogen and oxygen atoms in total. The Morgan fingerprint density at radius 3 is 2.73 bits per heavy atom. The number of aromatic nitrogens is 2. The summed E-state index contributed by atoms with van der Waals surface area (Å²) in [4.78, 5) is 16.8. The molecule has 0 aliphatic heterocycles. The van der Waals surface area contributed by atoms with Gasteiger partial charge in [-0.3, -0.25) is 4.79 Å². The average molecular weight is 402 g/mol. The fourth-order valence-corrected chi connectivity index (χ4v) is 4.43. The summed E-state index contributed by atoms with van der Waals surface area (Å²) in [5.74, 6) is 1.10. The van der Waals surface area contributed by atoms with Gasteiger partial charge in [-0.15, -0.1) is 0 Å². The van der Waals surface area contributed by atoms with Crippen molar-refractivity contribution < 1.29 is 4.79 Å². The molecule has 1 aromatic heterocycles. The molecule has 132 valence electrons. The molecule has 1 amide bonds. The summed E-state index contributed by atoms with van der Waals surface area (Å²) in [6.07, 6.45) is 0.863. The van der Waals surface area contributed by atoms with Crippen molar-refractivity contribution in [3.05, 3.63) is 70.7 Å². The molecule has 2 unspecified atom stereocenters. The summed E-state index contributed by atoms with van der Waals surface area (Å²) in [6.45, 7) is 0. The summed E-state index contributed by atoms with van der Waals surface area (Å²) in [6, 6.07) is 17.9. The van der Waals surface area contributed by atoms with Crippen LogP contribution in [0.3, 0.4) is 0 Å². The number of anilines is 1. The van der Waals surface area contributed by atoms with Gasteiger partial charge in [0.25, 0.3) is 0 Å². The third kappa shape index (κ3) is 4.26. The minimum Gasteiger partial charge on any atom is -0.300 e. The maximum atomic E-state index is 12.4. The summed E-state index contributed by atoms with van der Waals surface area (Å²) in [5, 5.41) is 4.87. The number of carbonyl (C=O) groups excluding carboxylic acids is 1. The predicted octanol–water partition coefficient (Wildman–Crippen LogP) is 5.23. The van der Waals surface area contributed by atoms with Gasteiger partial charge in [0.15, 0.2) is 0 Å². The lowest BCUT2D eigenvalue weighted by atomic mass is 10.1. The quantitative estimate of drug-likeness (QED) is 0.575. The summed E-state index contributed by atoms with van der Waals surface area (Å²) in [7, 11) is 0. The van der Waals surface area contributed by atoms with Crippen LogP contribution < -0.4 is 5.32 Å². The van der Waals surface area contributed by atoms with E-state index in [1.807, 2.05) is 42.5 Å². The van der Waals surface area contributed by atoms with Gasteiger partial charge >= 0.3 is 0 Å². The van der Waals surface area contributed by atoms with Gasteiger partial charge in [0.2, 0.25) is 16.2 Å². The molecule has 0 spiro atoms. The molecule has 1 aliphatic carbocycles. The van der Waals surface area contributed by atoms with Gasteiger partial charge in [-0.05, 0) is 35.6 Å². The fraction of sp³-hybridized carbons (Fsp3) is 0.211. The SMILES string of the molecule is O=C(Nc1nc(SCc2ccccc2)ns1)C1CC1c1ccc(Cl)cc1. The summed E-state index contributed by atoms with van der Waals surface area (Å²) in [5.41, 5.74) is 2.38. The van der Waals surface area contributed by atoms with Crippen LogP contribution in [0, 0.1) is 5.92 Å². The first-order chi connectivity index (χ1) is 12.7. The van der Waals surface area contributed by atoms with Crippen LogP contribution in [0.25, 0.3) is 0 Å². The molecule has 1 fully saturated rings. The van der Waals surface area contributed by atoms with Crippen molar-refractivity contribution in [1.29, 1.82) is 0 Å². The maximum absolute atomic E-state index is 12.4. The standard InChI is InChI=1S/C19H16ClN3OS2/c20-14-8-6-13(7-9-14)15-10-16(15)17(24)21-18-22-19(23-26-18)25-11-12-4-2-1-3-5-12/h1-9,15-16H,10-11H2,(H,21,22,23,24). The second kappa shape index (κ2) is 7.78. The molecule has 3 aromatic rings. The van der Waals surface area contributed by atoms with E-state index < -0.39 is 0 Å². The van der Waals surface area contributed by atoms with Crippen LogP contribution in [0.15, 0.2) is 59.8 Å². The number of nitrogens with one attached hydrogen (secondary N) is 1. The molecule has 0 radical (unpaired) electrons. The van der Waals surface area contributed by atoms with Gasteiger partial charge in [-0.1, -0.05) is 65.8 Å². The molecule has 2 aromatic carbocycles. The average Bonchev–Trinajstić information content (AvgIpc) is 3.35. The van der Waals surface area contributed by atoms with Crippen molar-refractivity contribution >= 4 is 45.9 Å². The number of thioether (sulfide) groups is 1. The summed E-state index contributed by atoms with van der Waals surface area (Å²) >= 11 is 8.71. The molecule has 1 N–H and O–H groups in total. The zero-order chi connectivity index (χ0) is 17.9. The van der Waals surface area contributed by atoms with Gasteiger partial charge < -0.3 is 5.32 Å². The maximum Gasteiger partial charge on any atom is 0.229 e. The van der Waals surface area contributed by atoms with Crippen molar-refractivity contribution in [1.82, 2.24) is 9.36 Å². The first-order valence-corrected chi connectivity index (χ1v) is 10.4. The number of amides is 1. The number of rotatable bonds is 6. The van der Waals surface area contributed by atoms with E-state index in [1.165, 1.54) is 17.1 Å². The Bertz CT molecular complexity index is 899. The Hall–Kier alpha value is -1.89. The van der Waals surface area contributed by atoms with Gasteiger partial charge in [0.05, 0.1) is 0 Å². The highest BCUT2D eigenvalue weighted by molar-refractivity contribution is 7.98. The normalized spacial score (nSPS) is 18.5. The number of halogens is 1. The lowest BCUT2D eigenvalue weighted by Gasteiger charge is -2.01. The van der Waals surface area contributed by atoms with Crippen LogP contribution >= 0.6 is 34.9 Å². The van der Waals surface area contributed by atoms with E-state index >= 15 is 0 Å². The van der Waals surface area contributed by atoms with Crippen LogP contribution in [0.4, 0.5) is 5.13 Å². The zero-order valence-electron chi connectivity index (χ0n) is 13.8. The number of benzene rings is 2. The molecule has 1 heterocycles. The van der Waals surface area contributed by atoms with E-state index in [1.54, 1.807) is 11.8 Å². The van der Waals surface area contributed by atoms with E-state index in [2.05, 4.69) is 26.8 Å². The minimum atomic E-state index is 0.000460. The number of hydrogen-bond acceptors (Lipinski definition) is 5. The fourth-order valence-electron chi connectivity index (χ4n) is 2.80. The van der Waals surface area contributed by atoms with Crippen LogP contribution in [0.1, 0.15) is 23.5 Å². The Morgan fingerprint density at radius 1 is 1.19 bits per heavy atom. The lowest BCUT2D eigenvalue weighted by Crippen LogP contribution is -2.14. The molecule has 0 saturated heterocycles. The second-order valence-electron chi connectivity index (χ2n) is 6.15. The van der Waals surface area contributed by atoms with Crippen LogP contribution in [-0.4, -0.2) is 15.3 Å². The Balaban J connectivity index is 1.30. The monoisotopic (exact) mass is 401 g/mol. The van der Waals surface area contributed by atoms with Crippen molar-refractivity contribution in [2.24, 2.45) is 5.92 Å². The van der Waals surface area contributed by atoms with Crippen molar-refractivity contribution in [3.8, 4) is 0 Å². The Labute approximate surface area is 165 Å². The third-order valence-corrected chi connectivity index (χ3v) is 6.19. The van der Waals surface area contributed by atoms with Gasteiger partial charge in [0.1, 0.15) is 0 Å². The first kappa shape index (κ1) is 17.5. The number of nitrogens with zero attached hydrogens (tertiary/aromatic N) is 2. The van der Waals surface area contributed by atoms with E-state index in [9.17, 15) is 4.79 Å². The first-order valence-electron chi connectivity index (χ1n) is 8.26. The zero-order valence-corrected chi connectivity index (χ0v) is 16.2. The lowest BCUT2D eigenvalue weighted by molar-refractivity contribution is -0.117. The minimum absolute atomic E-state index is 0.000460. The molecule has 4 rings (SSSR count). The van der Waals surface area contributed by atoms with Gasteiger partial charge in [0, 0.05) is 28.2 Å². The molecule has 0 bridgehead atoms. The van der Waals surface area contributed by atoms with Crippen LogP contribution in [-0.2, 0) is 10.5 Å². The molecule has 2 atom stereocenters. The number of carbonyl (C=O) groups is 1. The topological polar surface area (TPSA) is 54.9 Å². The highest BCUT2D eigenvalue weighted by Gasteiger charge is 2.44. The smallest absolute Gasteiger partial charge is 0.229 e. The molecule has 1 saturated carbocycles. The van der Waals surface area contributed by atoms with E-state index in [4.69, 9.17) is 11.6 Å². The third-order valence-electron chi connectivity index (χ3n) is 4.27. The largest absolute Gasteiger partial charge is 0.300 e. The Kier molecular flexibility index (Phi) is 5.24. The van der Waals surface area contributed by atoms with Crippen molar-refractivity contribution in [3.63, 3.8) is 0 Å². The number of hydrogen-bond donors (Lipinski definition) is 1. The molecular weight excluding hydrogens is 386 g/mol. The van der Waals surface area contributed by atoms with Crippen LogP contribution in [0.2, 0.25) is 5.02 Å². The van der Waals surface area contributed by atoms with Gasteiger partial charge in [-0.25, -0.2) is 0 Å². The molecule has 26 heavy (non-hydrogen) atoms. The highest BCUT2D eigenvalue weighted by Crippen LogP contribution is 2.48. The van der Waals surface area contributed by atoms with Crippen molar-refractivity contribution in [2.75, 3.05) is 5.32 Å².